The van der Waals surface area contributed by atoms with Crippen molar-refractivity contribution in [3.63, 3.8) is 0 Å². The van der Waals surface area contributed by atoms with Crippen LogP contribution in [-0.2, 0) is 0 Å². The second kappa shape index (κ2) is 9.97. The lowest BCUT2D eigenvalue weighted by Gasteiger charge is -1.93. The minimum atomic E-state index is -0.367. The van der Waals surface area contributed by atoms with E-state index in [1.807, 2.05) is 13.0 Å². The van der Waals surface area contributed by atoms with Crippen LogP contribution in [0.2, 0.25) is 0 Å². The lowest BCUT2D eigenvalue weighted by Crippen LogP contribution is -1.78. The summed E-state index contributed by atoms with van der Waals surface area (Å²) < 4.78 is 11.7. The molecule has 0 rings (SSSR count). The van der Waals surface area contributed by atoms with Gasteiger partial charge < -0.3 is 0 Å². The number of hydrogen-bond donors (Lipinski definition) is 0. The highest BCUT2D eigenvalue weighted by atomic mass is 19.1. The second-order valence-electron chi connectivity index (χ2n) is 2.71. The summed E-state index contributed by atoms with van der Waals surface area (Å²) in [6.45, 7) is 5.73. The molecule has 0 saturated heterocycles. The van der Waals surface area contributed by atoms with Gasteiger partial charge in [0.05, 0.1) is 0 Å². The first kappa shape index (κ1) is 13.6. The van der Waals surface area contributed by atoms with Crippen LogP contribution >= 0.6 is 0 Å². The summed E-state index contributed by atoms with van der Waals surface area (Å²) in [5.74, 6) is 0.544. The summed E-state index contributed by atoms with van der Waals surface area (Å²) in [5.41, 5.74) is 0.996. The van der Waals surface area contributed by atoms with Crippen molar-refractivity contribution in [2.45, 2.75) is 20.8 Å². The van der Waals surface area contributed by atoms with Crippen molar-refractivity contribution in [3.8, 4) is 12.8 Å². The summed E-state index contributed by atoms with van der Waals surface area (Å²) >= 11 is 0. The first-order valence-corrected chi connectivity index (χ1v) is 3.91. The van der Waals surface area contributed by atoms with E-state index in [0.717, 1.165) is 5.57 Å². The summed E-state index contributed by atoms with van der Waals surface area (Å²) in [7, 11) is 0. The van der Waals surface area contributed by atoms with Gasteiger partial charge >= 0.3 is 0 Å². The van der Waals surface area contributed by atoms with Crippen molar-refractivity contribution in [2.75, 3.05) is 6.67 Å². The van der Waals surface area contributed by atoms with Crippen molar-refractivity contribution in [1.29, 1.82) is 0 Å². The Balaban J connectivity index is 0. The van der Waals surface area contributed by atoms with Crippen LogP contribution in [0.1, 0.15) is 20.8 Å². The first-order valence-electron chi connectivity index (χ1n) is 3.91. The number of terminal acetylenes is 1. The smallest absolute Gasteiger partial charge is 0.108 e. The zero-order valence-electron chi connectivity index (χ0n) is 8.05. The molecule has 0 nitrogen and oxygen atoms in total. The Morgan fingerprint density at radius 2 is 1.92 bits per heavy atom. The number of alkyl halides is 1. The molecule has 0 saturated carbocycles. The van der Waals surface area contributed by atoms with E-state index in [1.54, 1.807) is 6.08 Å². The normalized spacial score (nSPS) is 11.4. The maximum absolute atomic E-state index is 11.7. The van der Waals surface area contributed by atoms with Crippen LogP contribution in [0, 0.1) is 18.8 Å². The van der Waals surface area contributed by atoms with Gasteiger partial charge in [-0.1, -0.05) is 37.6 Å². The van der Waals surface area contributed by atoms with Gasteiger partial charge in [0.25, 0.3) is 0 Å². The van der Waals surface area contributed by atoms with Gasteiger partial charge in [0.2, 0.25) is 0 Å². The number of hydrogen-bond acceptors (Lipinski definition) is 0. The number of halogens is 1. The molecule has 0 aromatic carbocycles. The molecule has 0 atom stereocenters. The van der Waals surface area contributed by atoms with Gasteiger partial charge in [-0.15, -0.1) is 12.8 Å². The monoisotopic (exact) mass is 168 g/mol. The fraction of sp³-hybridized carbons (Fsp3) is 0.455. The maximum atomic E-state index is 11.7. The molecule has 1 heteroatoms. The fourth-order valence-corrected chi connectivity index (χ4v) is 0.534. The van der Waals surface area contributed by atoms with E-state index < -0.39 is 0 Å². The van der Waals surface area contributed by atoms with Crippen molar-refractivity contribution >= 4 is 0 Å². The molecule has 0 spiro atoms. The first-order chi connectivity index (χ1) is 5.66. The van der Waals surface area contributed by atoms with Gasteiger partial charge in [0.15, 0.2) is 0 Å². The quantitative estimate of drug-likeness (QED) is 0.447. The Kier molecular flexibility index (Phi) is 11.3. The van der Waals surface area contributed by atoms with Gasteiger partial charge in [-0.25, -0.2) is 4.39 Å². The molecule has 0 fully saturated rings. The van der Waals surface area contributed by atoms with Crippen LogP contribution in [0.15, 0.2) is 23.8 Å². The molecule has 0 heterocycles. The Morgan fingerprint density at radius 1 is 1.42 bits per heavy atom. The highest BCUT2D eigenvalue weighted by Crippen LogP contribution is 1.99. The van der Waals surface area contributed by atoms with E-state index in [-0.39, 0.29) is 6.67 Å². The van der Waals surface area contributed by atoms with Crippen LogP contribution in [0.5, 0.6) is 0 Å². The zero-order valence-corrected chi connectivity index (χ0v) is 8.05. The lowest BCUT2D eigenvalue weighted by molar-refractivity contribution is 0.560. The van der Waals surface area contributed by atoms with E-state index in [2.05, 4.69) is 32.8 Å². The third-order valence-electron chi connectivity index (χ3n) is 1.14. The van der Waals surface area contributed by atoms with Crippen molar-refractivity contribution in [2.24, 2.45) is 5.92 Å². The van der Waals surface area contributed by atoms with E-state index >= 15 is 0 Å². The third-order valence-corrected chi connectivity index (χ3v) is 1.14. The van der Waals surface area contributed by atoms with Gasteiger partial charge in [-0.3, -0.25) is 0 Å². The molecule has 0 aromatic rings. The summed E-state index contributed by atoms with van der Waals surface area (Å²) in [6.07, 6.45) is 13.6. The molecule has 12 heavy (non-hydrogen) atoms. The van der Waals surface area contributed by atoms with Crippen LogP contribution in [-0.4, -0.2) is 6.67 Å². The van der Waals surface area contributed by atoms with Gasteiger partial charge in [-0.05, 0) is 12.8 Å². The molecule has 68 valence electrons. The van der Waals surface area contributed by atoms with Crippen LogP contribution in [0.3, 0.4) is 0 Å². The van der Waals surface area contributed by atoms with Crippen LogP contribution in [0.25, 0.3) is 0 Å². The summed E-state index contributed by atoms with van der Waals surface area (Å²) in [6, 6.07) is 0. The Bertz CT molecular complexity index is 161. The van der Waals surface area contributed by atoms with Gasteiger partial charge in [0.1, 0.15) is 6.67 Å². The molecule has 0 radical (unpaired) electrons. The van der Waals surface area contributed by atoms with E-state index in [0.29, 0.717) is 5.92 Å². The molecule has 0 aromatic heterocycles. The summed E-state index contributed by atoms with van der Waals surface area (Å²) in [4.78, 5) is 0. The number of allylic oxidation sites excluding steroid dienone is 4. The van der Waals surface area contributed by atoms with Crippen LogP contribution in [0.4, 0.5) is 4.39 Å². The maximum Gasteiger partial charge on any atom is 0.108 e. The van der Waals surface area contributed by atoms with Crippen molar-refractivity contribution < 1.29 is 4.39 Å². The highest BCUT2D eigenvalue weighted by molar-refractivity contribution is 5.16. The molecule has 0 amide bonds. The highest BCUT2D eigenvalue weighted by Gasteiger charge is 1.84. The predicted octanol–water partition coefficient (Wildman–Crippen LogP) is 3.36. The second-order valence-corrected chi connectivity index (χ2v) is 2.71. The minimum absolute atomic E-state index is 0.367. The van der Waals surface area contributed by atoms with Gasteiger partial charge in [0, 0.05) is 0 Å². The molecule has 0 unspecified atom stereocenters. The molecule has 0 N–H and O–H groups in total. The van der Waals surface area contributed by atoms with Gasteiger partial charge in [-0.2, -0.15) is 0 Å². The minimum Gasteiger partial charge on any atom is -0.247 e. The van der Waals surface area contributed by atoms with E-state index in [1.165, 1.54) is 0 Å². The predicted molar refractivity (Wildman–Crippen MR) is 53.6 cm³/mol. The van der Waals surface area contributed by atoms with Crippen LogP contribution < -0.4 is 0 Å². The Hall–Kier alpha value is -1.03. The van der Waals surface area contributed by atoms with E-state index in [9.17, 15) is 4.39 Å². The Labute approximate surface area is 75.2 Å². The molecule has 0 aliphatic rings. The Morgan fingerprint density at radius 3 is 2.25 bits per heavy atom. The average Bonchev–Trinajstić information content (AvgIpc) is 2.05. The largest absolute Gasteiger partial charge is 0.247 e. The SMILES string of the molecule is C#C.CC(/C=C\C(C)C)=C/CF. The summed E-state index contributed by atoms with van der Waals surface area (Å²) in [5, 5.41) is 0. The third kappa shape index (κ3) is 11.7. The fourth-order valence-electron chi connectivity index (χ4n) is 0.534. The molecular weight excluding hydrogens is 151 g/mol. The number of rotatable bonds is 3. The molecule has 0 aliphatic carbocycles. The van der Waals surface area contributed by atoms with E-state index in [4.69, 9.17) is 0 Å². The average molecular weight is 168 g/mol. The van der Waals surface area contributed by atoms with Crippen molar-refractivity contribution in [1.82, 2.24) is 0 Å². The topological polar surface area (TPSA) is 0 Å². The van der Waals surface area contributed by atoms with Crippen molar-refractivity contribution in [3.05, 3.63) is 23.8 Å². The molecular formula is C11H17F. The zero-order chi connectivity index (χ0) is 9.98. The molecule has 0 aliphatic heterocycles. The standard InChI is InChI=1S/C9H15F.C2H2/c1-8(2)4-5-9(3)6-7-10;1-2/h4-6,8H,7H2,1-3H3;1-2H/b5-4-,9-6-;. The molecule has 0 bridgehead atoms. The lowest BCUT2D eigenvalue weighted by atomic mass is 10.1.